The van der Waals surface area contributed by atoms with Crippen molar-refractivity contribution in [3.05, 3.63) is 35.9 Å². The first-order chi connectivity index (χ1) is 9.32. The Bertz CT molecular complexity index is 388. The van der Waals surface area contributed by atoms with Crippen molar-refractivity contribution in [2.24, 2.45) is 0 Å². The van der Waals surface area contributed by atoms with E-state index in [4.69, 9.17) is 4.74 Å². The fourth-order valence-electron chi connectivity index (χ4n) is 2.43. The summed E-state index contributed by atoms with van der Waals surface area (Å²) in [6.07, 6.45) is 2.33. The van der Waals surface area contributed by atoms with Gasteiger partial charge in [-0.25, -0.2) is 0 Å². The summed E-state index contributed by atoms with van der Waals surface area (Å²) in [5, 5.41) is 0. The van der Waals surface area contributed by atoms with Gasteiger partial charge in [-0.3, -0.25) is 0 Å². The second-order valence-electron chi connectivity index (χ2n) is 6.78. The molecule has 0 unspecified atom stereocenters. The van der Waals surface area contributed by atoms with Gasteiger partial charge in [0.05, 0.1) is 12.1 Å². The summed E-state index contributed by atoms with van der Waals surface area (Å²) in [7, 11) is 0.858. The van der Waals surface area contributed by atoms with Gasteiger partial charge in [-0.2, -0.15) is 0 Å². The third-order valence-corrected chi connectivity index (χ3v) is 6.67. The van der Waals surface area contributed by atoms with Crippen LogP contribution in [0.1, 0.15) is 32.3 Å². The first-order valence-corrected chi connectivity index (χ1v) is 11.1. The summed E-state index contributed by atoms with van der Waals surface area (Å²) in [5.41, 5.74) is 1.31. The molecular weight excluding hydrogens is 262 g/mol. The fraction of sp³-hybridized carbons (Fsp3) is 0.647. The summed E-state index contributed by atoms with van der Waals surface area (Å²) >= 11 is 0. The number of hydrogen-bond donors (Lipinski definition) is 0. The molecule has 0 spiro atoms. The summed E-state index contributed by atoms with van der Waals surface area (Å²) in [6, 6.07) is 10.8. The molecule has 0 radical (unpaired) electrons. The molecule has 20 heavy (non-hydrogen) atoms. The zero-order chi connectivity index (χ0) is 15.2. The molecule has 0 saturated carbocycles. The molecular formula is C17H31NOSi. The van der Waals surface area contributed by atoms with Crippen LogP contribution in [0.25, 0.3) is 0 Å². The van der Waals surface area contributed by atoms with Gasteiger partial charge in [-0.05, 0) is 26.0 Å². The number of rotatable bonds is 8. The zero-order valence-electron chi connectivity index (χ0n) is 14.1. The number of likely N-dealkylation sites (N-methyl/N-ethyl adjacent to an activating group) is 1. The smallest absolute Gasteiger partial charge is 0.119 e. The van der Waals surface area contributed by atoms with Gasteiger partial charge in [0.2, 0.25) is 0 Å². The van der Waals surface area contributed by atoms with E-state index in [2.05, 4.69) is 75.4 Å². The first kappa shape index (κ1) is 17.4. The predicted molar refractivity (Wildman–Crippen MR) is 90.6 cm³/mol. The van der Waals surface area contributed by atoms with E-state index in [9.17, 15) is 0 Å². The molecule has 2 nitrogen and oxygen atoms in total. The Morgan fingerprint density at radius 3 is 2.25 bits per heavy atom. The van der Waals surface area contributed by atoms with Crippen LogP contribution in [0, 0.1) is 0 Å². The van der Waals surface area contributed by atoms with E-state index >= 15 is 0 Å². The zero-order valence-corrected chi connectivity index (χ0v) is 15.1. The average Bonchev–Trinajstić information content (AvgIpc) is 2.42. The molecule has 0 bridgehead atoms. The number of unbranched alkanes of at least 4 members (excludes halogenated alkanes) is 1. The molecule has 1 aromatic rings. The fourth-order valence-corrected chi connectivity index (χ4v) is 4.10. The van der Waals surface area contributed by atoms with Crippen LogP contribution in [0.3, 0.4) is 0 Å². The summed E-state index contributed by atoms with van der Waals surface area (Å²) < 4.78 is 8.55. The highest BCUT2D eigenvalue weighted by molar-refractivity contribution is 6.73. The van der Waals surface area contributed by atoms with Crippen LogP contribution >= 0.6 is 0 Å². The molecule has 1 rings (SSSR count). The second-order valence-corrected chi connectivity index (χ2v) is 11.8. The maximum atomic E-state index is 5.99. The predicted octanol–water partition coefficient (Wildman–Crippen LogP) is 4.49. The van der Waals surface area contributed by atoms with Gasteiger partial charge in [0.1, 0.15) is 8.24 Å². The van der Waals surface area contributed by atoms with Crippen LogP contribution in [0.4, 0.5) is 0 Å². The molecule has 0 amide bonds. The van der Waals surface area contributed by atoms with Crippen molar-refractivity contribution in [2.75, 3.05) is 20.3 Å². The van der Waals surface area contributed by atoms with Crippen molar-refractivity contribution in [2.45, 2.75) is 51.9 Å². The lowest BCUT2D eigenvalue weighted by Gasteiger charge is -2.46. The largest absolute Gasteiger partial charge is 0.379 e. The Balaban J connectivity index is 2.94. The quantitative estimate of drug-likeness (QED) is 0.517. The van der Waals surface area contributed by atoms with Gasteiger partial charge < -0.3 is 9.30 Å². The molecule has 0 fully saturated rings. The Kier molecular flexibility index (Phi) is 6.43. The van der Waals surface area contributed by atoms with Gasteiger partial charge >= 0.3 is 0 Å². The van der Waals surface area contributed by atoms with Gasteiger partial charge in [0, 0.05) is 6.61 Å². The first-order valence-electron chi connectivity index (χ1n) is 7.69. The molecule has 3 heteroatoms. The molecule has 0 aliphatic carbocycles. The highest BCUT2D eigenvalue weighted by atomic mass is 28.3. The van der Waals surface area contributed by atoms with Gasteiger partial charge in [-0.15, -0.1) is 0 Å². The molecule has 0 saturated heterocycles. The number of benzene rings is 1. The van der Waals surface area contributed by atoms with Gasteiger partial charge in [-0.1, -0.05) is 63.3 Å². The lowest BCUT2D eigenvalue weighted by atomic mass is 9.93. The molecule has 0 aromatic heterocycles. The second kappa shape index (κ2) is 7.39. The Morgan fingerprint density at radius 1 is 1.15 bits per heavy atom. The lowest BCUT2D eigenvalue weighted by molar-refractivity contribution is 0.0407. The Hall–Kier alpha value is -0.643. The highest BCUT2D eigenvalue weighted by Gasteiger charge is 2.38. The van der Waals surface area contributed by atoms with Crippen LogP contribution in [0.5, 0.6) is 0 Å². The van der Waals surface area contributed by atoms with Crippen molar-refractivity contribution in [3.63, 3.8) is 0 Å². The third kappa shape index (κ3) is 4.44. The normalized spacial score (nSPS) is 15.3. The van der Waals surface area contributed by atoms with E-state index in [-0.39, 0.29) is 5.54 Å². The molecule has 0 N–H and O–H groups in total. The molecule has 1 atom stereocenters. The highest BCUT2D eigenvalue weighted by Crippen LogP contribution is 2.31. The van der Waals surface area contributed by atoms with E-state index in [0.29, 0.717) is 0 Å². The monoisotopic (exact) mass is 293 g/mol. The number of hydrogen-bond acceptors (Lipinski definition) is 2. The molecule has 114 valence electrons. The number of ether oxygens (including phenoxy) is 1. The standard InChI is InChI=1S/C17H31NOSi/c1-7-8-14-19-15-17(2,18(3)20(4,5)6)16-12-10-9-11-13-16/h9-13H,7-8,14-15H2,1-6H3/t17-/m0/s1. The van der Waals surface area contributed by atoms with Crippen LogP contribution in [0.2, 0.25) is 19.6 Å². The molecule has 0 aliphatic heterocycles. The van der Waals surface area contributed by atoms with Crippen molar-refractivity contribution in [1.29, 1.82) is 0 Å². The van der Waals surface area contributed by atoms with Crippen molar-refractivity contribution < 1.29 is 4.74 Å². The minimum absolute atomic E-state index is 0.0422. The SMILES string of the molecule is CCCCOC[C@@](C)(c1ccccc1)N(C)[Si](C)(C)C. The minimum atomic E-state index is -1.39. The van der Waals surface area contributed by atoms with Crippen molar-refractivity contribution in [1.82, 2.24) is 4.57 Å². The van der Waals surface area contributed by atoms with E-state index in [1.165, 1.54) is 12.0 Å². The van der Waals surface area contributed by atoms with Gasteiger partial charge in [0.25, 0.3) is 0 Å². The number of nitrogens with zero attached hydrogens (tertiary/aromatic N) is 1. The minimum Gasteiger partial charge on any atom is -0.379 e. The van der Waals surface area contributed by atoms with E-state index in [0.717, 1.165) is 19.6 Å². The summed E-state index contributed by atoms with van der Waals surface area (Å²) in [6.45, 7) is 13.3. The average molecular weight is 294 g/mol. The maximum Gasteiger partial charge on any atom is 0.119 e. The van der Waals surface area contributed by atoms with Crippen LogP contribution < -0.4 is 0 Å². The van der Waals surface area contributed by atoms with Crippen LogP contribution in [-0.2, 0) is 10.3 Å². The van der Waals surface area contributed by atoms with Crippen LogP contribution in [-0.4, -0.2) is 33.1 Å². The molecule has 0 heterocycles. The lowest BCUT2D eigenvalue weighted by Crippen LogP contribution is -2.56. The van der Waals surface area contributed by atoms with Crippen LogP contribution in [0.15, 0.2) is 30.3 Å². The van der Waals surface area contributed by atoms with Crippen molar-refractivity contribution in [3.8, 4) is 0 Å². The van der Waals surface area contributed by atoms with E-state index in [1.807, 2.05) is 0 Å². The summed E-state index contributed by atoms with van der Waals surface area (Å²) in [4.78, 5) is 0. The maximum absolute atomic E-state index is 5.99. The van der Waals surface area contributed by atoms with Gasteiger partial charge in [0.15, 0.2) is 0 Å². The summed E-state index contributed by atoms with van der Waals surface area (Å²) in [5.74, 6) is 0. The van der Waals surface area contributed by atoms with E-state index in [1.54, 1.807) is 0 Å². The topological polar surface area (TPSA) is 12.5 Å². The Labute approximate surface area is 126 Å². The Morgan fingerprint density at radius 2 is 1.75 bits per heavy atom. The molecule has 1 aromatic carbocycles. The van der Waals surface area contributed by atoms with Crippen molar-refractivity contribution >= 4 is 8.24 Å². The van der Waals surface area contributed by atoms with E-state index < -0.39 is 8.24 Å². The third-order valence-electron chi connectivity index (χ3n) is 4.17. The molecule has 0 aliphatic rings.